The molecule has 0 spiro atoms. The molecule has 1 aromatic heterocycles. The molecule has 1 N–H and O–H groups in total. The van der Waals surface area contributed by atoms with E-state index in [0.717, 1.165) is 4.68 Å². The van der Waals surface area contributed by atoms with Crippen LogP contribution in [-0.4, -0.2) is 22.8 Å². The van der Waals surface area contributed by atoms with Crippen LogP contribution in [0, 0.1) is 0 Å². The third-order valence-electron chi connectivity index (χ3n) is 2.61. The highest BCUT2D eigenvalue weighted by molar-refractivity contribution is 6.41. The van der Waals surface area contributed by atoms with Gasteiger partial charge in [-0.2, -0.15) is 5.10 Å². The van der Waals surface area contributed by atoms with E-state index in [0.29, 0.717) is 11.4 Å². The van der Waals surface area contributed by atoms with Gasteiger partial charge in [-0.05, 0) is 24.3 Å². The van der Waals surface area contributed by atoms with Gasteiger partial charge >= 0.3 is 0 Å². The smallest absolute Gasteiger partial charge is 0.287 e. The molecule has 21 heavy (non-hydrogen) atoms. The van der Waals surface area contributed by atoms with Gasteiger partial charge in [-0.25, -0.2) is 4.68 Å². The van der Waals surface area contributed by atoms with E-state index in [1.165, 1.54) is 6.20 Å². The predicted octanol–water partition coefficient (Wildman–Crippen LogP) is 2.20. The summed E-state index contributed by atoms with van der Waals surface area (Å²) in [5, 5.41) is 6.27. The second kappa shape index (κ2) is 6.60. The first-order valence-corrected chi connectivity index (χ1v) is 6.62. The van der Waals surface area contributed by atoms with E-state index in [4.69, 9.17) is 27.9 Å². The summed E-state index contributed by atoms with van der Waals surface area (Å²) in [6.07, 6.45) is 1.21. The summed E-state index contributed by atoms with van der Waals surface area (Å²) in [6.45, 7) is -0.262. The molecule has 1 aromatic carbocycles. The average Bonchev–Trinajstić information content (AvgIpc) is 2.49. The number of nitrogens with one attached hydrogen (secondary N) is 1. The summed E-state index contributed by atoms with van der Waals surface area (Å²) in [5.74, 6) is 0.267. The van der Waals surface area contributed by atoms with Crippen molar-refractivity contribution in [3.8, 4) is 5.75 Å². The molecule has 0 fully saturated rings. The van der Waals surface area contributed by atoms with E-state index in [1.54, 1.807) is 31.4 Å². The van der Waals surface area contributed by atoms with E-state index < -0.39 is 11.5 Å². The van der Waals surface area contributed by atoms with E-state index in [1.807, 2.05) is 0 Å². The number of rotatable bonds is 4. The third-order valence-corrected chi connectivity index (χ3v) is 3.36. The number of amides is 1. The van der Waals surface area contributed by atoms with Crippen LogP contribution in [0.3, 0.4) is 0 Å². The van der Waals surface area contributed by atoms with Crippen molar-refractivity contribution in [1.82, 2.24) is 9.78 Å². The van der Waals surface area contributed by atoms with Crippen molar-refractivity contribution in [3.63, 3.8) is 0 Å². The lowest BCUT2D eigenvalue weighted by atomic mass is 10.3. The first-order valence-electron chi connectivity index (χ1n) is 5.86. The molecule has 0 atom stereocenters. The van der Waals surface area contributed by atoms with Crippen LogP contribution in [0.2, 0.25) is 10.0 Å². The van der Waals surface area contributed by atoms with Crippen LogP contribution in [0.25, 0.3) is 0 Å². The van der Waals surface area contributed by atoms with Crippen molar-refractivity contribution in [2.75, 3.05) is 12.4 Å². The minimum atomic E-state index is -0.617. The molecule has 0 unspecified atom stereocenters. The first-order chi connectivity index (χ1) is 10.0. The summed E-state index contributed by atoms with van der Waals surface area (Å²) in [4.78, 5) is 23.6. The molecule has 0 aliphatic carbocycles. The van der Waals surface area contributed by atoms with Gasteiger partial charge < -0.3 is 10.1 Å². The fourth-order valence-electron chi connectivity index (χ4n) is 1.57. The van der Waals surface area contributed by atoms with Gasteiger partial charge in [-0.3, -0.25) is 9.59 Å². The number of ether oxygens (including phenoxy) is 1. The molecule has 0 radical (unpaired) electrons. The Morgan fingerprint density at radius 1 is 1.33 bits per heavy atom. The molecule has 0 saturated carbocycles. The molecule has 0 bridgehead atoms. The van der Waals surface area contributed by atoms with Crippen molar-refractivity contribution >= 4 is 34.8 Å². The second-order valence-electron chi connectivity index (χ2n) is 4.05. The van der Waals surface area contributed by atoms with E-state index in [-0.39, 0.29) is 16.6 Å². The predicted molar refractivity (Wildman–Crippen MR) is 80.1 cm³/mol. The summed E-state index contributed by atoms with van der Waals surface area (Å²) < 4.78 is 5.95. The van der Waals surface area contributed by atoms with Gasteiger partial charge in [0, 0.05) is 5.69 Å². The number of hydrogen-bond acceptors (Lipinski definition) is 4. The number of aromatic nitrogens is 2. The van der Waals surface area contributed by atoms with Gasteiger partial charge in [-0.1, -0.05) is 23.2 Å². The first kappa shape index (κ1) is 15.3. The number of hydrogen-bond donors (Lipinski definition) is 1. The Morgan fingerprint density at radius 2 is 2.00 bits per heavy atom. The van der Waals surface area contributed by atoms with Crippen molar-refractivity contribution < 1.29 is 9.53 Å². The largest absolute Gasteiger partial charge is 0.497 e. The van der Waals surface area contributed by atoms with Crippen molar-refractivity contribution in [3.05, 3.63) is 50.9 Å². The zero-order valence-corrected chi connectivity index (χ0v) is 12.5. The van der Waals surface area contributed by atoms with Crippen LogP contribution in [0.4, 0.5) is 5.69 Å². The lowest BCUT2D eigenvalue weighted by Gasteiger charge is -2.08. The molecular formula is C13H11Cl2N3O3. The Balaban J connectivity index is 2.08. The highest BCUT2D eigenvalue weighted by atomic mass is 35.5. The topological polar surface area (TPSA) is 73.2 Å². The van der Waals surface area contributed by atoms with Gasteiger partial charge in [0.1, 0.15) is 17.3 Å². The fourth-order valence-corrected chi connectivity index (χ4v) is 1.84. The Hall–Kier alpha value is -2.05. The Bertz CT molecular complexity index is 714. The van der Waals surface area contributed by atoms with Gasteiger partial charge in [0.25, 0.3) is 5.56 Å². The maximum atomic E-state index is 11.9. The van der Waals surface area contributed by atoms with Gasteiger partial charge in [0.2, 0.25) is 5.91 Å². The molecule has 1 heterocycles. The van der Waals surface area contributed by atoms with Crippen LogP contribution in [0.1, 0.15) is 0 Å². The highest BCUT2D eigenvalue weighted by Gasteiger charge is 2.11. The Labute approximate surface area is 130 Å². The van der Waals surface area contributed by atoms with Crippen molar-refractivity contribution in [2.24, 2.45) is 0 Å². The summed E-state index contributed by atoms with van der Waals surface area (Å²) in [5.41, 5.74) is -0.0389. The zero-order chi connectivity index (χ0) is 15.4. The summed E-state index contributed by atoms with van der Waals surface area (Å²) in [7, 11) is 1.55. The zero-order valence-electron chi connectivity index (χ0n) is 11.0. The summed E-state index contributed by atoms with van der Waals surface area (Å²) in [6, 6.07) is 6.78. The lowest BCUT2D eigenvalue weighted by molar-refractivity contribution is -0.117. The molecule has 6 nitrogen and oxygen atoms in total. The number of carbonyl (C=O) groups excluding carboxylic acids is 1. The van der Waals surface area contributed by atoms with Gasteiger partial charge in [-0.15, -0.1) is 0 Å². The standard InChI is InChI=1S/C13H11Cl2N3O3/c1-21-9-4-2-8(3-5-9)17-11(19)7-18-13(20)12(15)10(14)6-16-18/h2-6H,7H2,1H3,(H,17,19). The van der Waals surface area contributed by atoms with Crippen LogP contribution in [-0.2, 0) is 11.3 Å². The van der Waals surface area contributed by atoms with Gasteiger partial charge in [0.15, 0.2) is 0 Å². The Morgan fingerprint density at radius 3 is 2.62 bits per heavy atom. The Kier molecular flexibility index (Phi) is 4.82. The third kappa shape index (κ3) is 3.74. The van der Waals surface area contributed by atoms with Crippen LogP contribution in [0.15, 0.2) is 35.3 Å². The number of halogens is 2. The lowest BCUT2D eigenvalue weighted by Crippen LogP contribution is -2.29. The molecule has 110 valence electrons. The van der Waals surface area contributed by atoms with Crippen LogP contribution < -0.4 is 15.6 Å². The number of methoxy groups -OCH3 is 1. The normalized spacial score (nSPS) is 10.2. The number of nitrogens with zero attached hydrogens (tertiary/aromatic N) is 2. The van der Waals surface area contributed by atoms with E-state index in [2.05, 4.69) is 10.4 Å². The summed E-state index contributed by atoms with van der Waals surface area (Å²) >= 11 is 11.4. The molecule has 0 aliphatic rings. The van der Waals surface area contributed by atoms with Gasteiger partial charge in [0.05, 0.1) is 18.3 Å². The van der Waals surface area contributed by atoms with Crippen molar-refractivity contribution in [2.45, 2.75) is 6.54 Å². The molecule has 2 rings (SSSR count). The number of benzene rings is 1. The molecule has 0 aliphatic heterocycles. The minimum Gasteiger partial charge on any atom is -0.497 e. The van der Waals surface area contributed by atoms with E-state index in [9.17, 15) is 9.59 Å². The molecule has 8 heteroatoms. The number of carbonyl (C=O) groups is 1. The quantitative estimate of drug-likeness (QED) is 0.934. The maximum Gasteiger partial charge on any atom is 0.287 e. The highest BCUT2D eigenvalue weighted by Crippen LogP contribution is 2.16. The van der Waals surface area contributed by atoms with Crippen LogP contribution >= 0.6 is 23.2 Å². The van der Waals surface area contributed by atoms with E-state index >= 15 is 0 Å². The second-order valence-corrected chi connectivity index (χ2v) is 4.83. The molecule has 2 aromatic rings. The monoisotopic (exact) mass is 327 g/mol. The SMILES string of the molecule is COc1ccc(NC(=O)Cn2ncc(Cl)c(Cl)c2=O)cc1. The molecular weight excluding hydrogens is 317 g/mol. The minimum absolute atomic E-state index is 0.0495. The van der Waals surface area contributed by atoms with Crippen LogP contribution in [0.5, 0.6) is 5.75 Å². The van der Waals surface area contributed by atoms with Crippen molar-refractivity contribution in [1.29, 1.82) is 0 Å². The fraction of sp³-hybridized carbons (Fsp3) is 0.154. The molecule has 0 saturated heterocycles. The molecule has 1 amide bonds. The number of anilines is 1. The average molecular weight is 328 g/mol. The maximum absolute atomic E-state index is 11.9.